The highest BCUT2D eigenvalue weighted by atomic mass is 32.2. The van der Waals surface area contributed by atoms with Gasteiger partial charge in [-0.1, -0.05) is 0 Å². The second kappa shape index (κ2) is 5.96. The van der Waals surface area contributed by atoms with Crippen molar-refractivity contribution in [1.29, 1.82) is 0 Å². The van der Waals surface area contributed by atoms with Gasteiger partial charge in [0.2, 0.25) is 11.8 Å². The van der Waals surface area contributed by atoms with Gasteiger partial charge in [0.05, 0.1) is 32.2 Å². The van der Waals surface area contributed by atoms with Crippen molar-refractivity contribution in [2.75, 3.05) is 33.3 Å². The van der Waals surface area contributed by atoms with E-state index in [1.165, 1.54) is 26.7 Å². The first-order chi connectivity index (χ1) is 8.41. The molecule has 0 saturated heterocycles. The lowest BCUT2D eigenvalue weighted by atomic mass is 10.2. The van der Waals surface area contributed by atoms with E-state index in [2.05, 4.69) is 15.3 Å². The van der Waals surface area contributed by atoms with E-state index in [-0.39, 0.29) is 11.6 Å². The Morgan fingerprint density at radius 1 is 1.39 bits per heavy atom. The molecule has 0 radical (unpaired) electrons. The second-order valence-electron chi connectivity index (χ2n) is 3.74. The van der Waals surface area contributed by atoms with Gasteiger partial charge in [-0.3, -0.25) is 0 Å². The van der Waals surface area contributed by atoms with Gasteiger partial charge in [-0.2, -0.15) is 4.98 Å². The molecule has 1 unspecified atom stereocenters. The van der Waals surface area contributed by atoms with E-state index < -0.39 is 15.9 Å². The maximum absolute atomic E-state index is 11.3. The predicted molar refractivity (Wildman–Crippen MR) is 66.6 cm³/mol. The van der Waals surface area contributed by atoms with E-state index >= 15 is 0 Å². The van der Waals surface area contributed by atoms with Crippen molar-refractivity contribution in [2.45, 2.75) is 6.04 Å². The molecule has 0 fully saturated rings. The van der Waals surface area contributed by atoms with Gasteiger partial charge in [-0.25, -0.2) is 13.4 Å². The van der Waals surface area contributed by atoms with Gasteiger partial charge >= 0.3 is 0 Å². The Morgan fingerprint density at radius 3 is 2.50 bits per heavy atom. The summed E-state index contributed by atoms with van der Waals surface area (Å²) in [5, 5.41) is 2.88. The highest BCUT2D eigenvalue weighted by molar-refractivity contribution is 7.90. The molecule has 0 amide bonds. The van der Waals surface area contributed by atoms with Crippen molar-refractivity contribution < 1.29 is 17.9 Å². The Morgan fingerprint density at radius 2 is 2.06 bits per heavy atom. The number of nitrogens with zero attached hydrogens (tertiary/aromatic N) is 2. The Kier molecular flexibility index (Phi) is 4.85. The first-order valence-electron chi connectivity index (χ1n) is 5.21. The molecule has 8 heteroatoms. The molecular weight excluding hydrogens is 258 g/mol. The predicted octanol–water partition coefficient (Wildman–Crippen LogP) is -0.201. The van der Waals surface area contributed by atoms with Gasteiger partial charge in [0, 0.05) is 6.26 Å². The second-order valence-corrected chi connectivity index (χ2v) is 5.93. The quantitative estimate of drug-likeness (QED) is 0.768. The third kappa shape index (κ3) is 3.81. The summed E-state index contributed by atoms with van der Waals surface area (Å²) >= 11 is 0. The average Bonchev–Trinajstić information content (AvgIpc) is 2.34. The van der Waals surface area contributed by atoms with Crippen LogP contribution in [-0.2, 0) is 9.84 Å². The Bertz CT molecular complexity index is 504. The summed E-state index contributed by atoms with van der Waals surface area (Å²) in [6, 6.07) is -0.478. The van der Waals surface area contributed by atoms with Crippen molar-refractivity contribution in [3.05, 3.63) is 11.9 Å². The SMILES string of the molecule is CNC(CS(C)(=O)=O)c1ncc(OC)nc1OC. The number of ether oxygens (including phenoxy) is 2. The van der Waals surface area contributed by atoms with Crippen LogP contribution < -0.4 is 14.8 Å². The van der Waals surface area contributed by atoms with Crippen LogP contribution in [0.3, 0.4) is 0 Å². The summed E-state index contributed by atoms with van der Waals surface area (Å²) in [5.41, 5.74) is 0.436. The molecule has 1 rings (SSSR count). The molecular formula is C10H17N3O4S. The van der Waals surface area contributed by atoms with Gasteiger partial charge in [-0.05, 0) is 7.05 Å². The average molecular weight is 275 g/mol. The molecule has 1 aromatic heterocycles. The maximum atomic E-state index is 11.3. The van der Waals surface area contributed by atoms with Crippen LogP contribution in [0.5, 0.6) is 11.8 Å². The largest absolute Gasteiger partial charge is 0.480 e. The van der Waals surface area contributed by atoms with Gasteiger partial charge < -0.3 is 14.8 Å². The van der Waals surface area contributed by atoms with Crippen LogP contribution in [-0.4, -0.2) is 51.7 Å². The van der Waals surface area contributed by atoms with E-state index in [4.69, 9.17) is 9.47 Å². The molecule has 1 heterocycles. The summed E-state index contributed by atoms with van der Waals surface area (Å²) in [4.78, 5) is 8.20. The van der Waals surface area contributed by atoms with E-state index in [1.54, 1.807) is 7.05 Å². The molecule has 1 N–H and O–H groups in total. The first kappa shape index (κ1) is 14.7. The minimum absolute atomic E-state index is 0.0825. The number of hydrogen-bond acceptors (Lipinski definition) is 7. The van der Waals surface area contributed by atoms with Crippen LogP contribution in [0.2, 0.25) is 0 Å². The topological polar surface area (TPSA) is 90.4 Å². The molecule has 7 nitrogen and oxygen atoms in total. The summed E-state index contributed by atoms with van der Waals surface area (Å²) in [6.45, 7) is 0. The fraction of sp³-hybridized carbons (Fsp3) is 0.600. The van der Waals surface area contributed by atoms with E-state index in [0.29, 0.717) is 11.6 Å². The smallest absolute Gasteiger partial charge is 0.240 e. The standard InChI is InChI=1S/C10H17N3O4S/c1-11-7(6-18(4,14)15)9-10(17-3)13-8(16-2)5-12-9/h5,7,11H,6H2,1-4H3. The minimum Gasteiger partial charge on any atom is -0.480 e. The van der Waals surface area contributed by atoms with Gasteiger partial charge in [0.1, 0.15) is 15.5 Å². The zero-order valence-electron chi connectivity index (χ0n) is 10.8. The molecule has 0 aliphatic heterocycles. The number of rotatable bonds is 6. The summed E-state index contributed by atoms with van der Waals surface area (Å²) in [5.74, 6) is 0.475. The molecule has 0 saturated carbocycles. The molecule has 102 valence electrons. The van der Waals surface area contributed by atoms with Crippen LogP contribution in [0.1, 0.15) is 11.7 Å². The summed E-state index contributed by atoms with van der Waals surface area (Å²) in [7, 11) is 1.42. The van der Waals surface area contributed by atoms with Gasteiger partial charge in [0.15, 0.2) is 0 Å². The lowest BCUT2D eigenvalue weighted by Gasteiger charge is -2.16. The Balaban J connectivity index is 3.12. The fourth-order valence-corrected chi connectivity index (χ4v) is 2.39. The molecule has 0 spiro atoms. The molecule has 0 aliphatic carbocycles. The number of nitrogens with one attached hydrogen (secondary N) is 1. The van der Waals surface area contributed by atoms with Crippen molar-refractivity contribution in [1.82, 2.24) is 15.3 Å². The van der Waals surface area contributed by atoms with Crippen LogP contribution in [0.15, 0.2) is 6.20 Å². The van der Waals surface area contributed by atoms with Crippen LogP contribution in [0.25, 0.3) is 0 Å². The highest BCUT2D eigenvalue weighted by Gasteiger charge is 2.22. The monoisotopic (exact) mass is 275 g/mol. The highest BCUT2D eigenvalue weighted by Crippen LogP contribution is 2.23. The maximum Gasteiger partial charge on any atom is 0.240 e. The van der Waals surface area contributed by atoms with E-state index in [9.17, 15) is 8.42 Å². The normalized spacial score (nSPS) is 13.1. The number of aromatic nitrogens is 2. The zero-order chi connectivity index (χ0) is 13.8. The Labute approximate surface area is 106 Å². The number of methoxy groups -OCH3 is 2. The molecule has 0 aliphatic rings. The lowest BCUT2D eigenvalue weighted by molar-refractivity contribution is 0.352. The molecule has 0 aromatic carbocycles. The third-order valence-electron chi connectivity index (χ3n) is 2.30. The number of sulfone groups is 1. The van der Waals surface area contributed by atoms with Crippen molar-refractivity contribution in [3.63, 3.8) is 0 Å². The summed E-state index contributed by atoms with van der Waals surface area (Å²) < 4.78 is 32.7. The van der Waals surface area contributed by atoms with Crippen molar-refractivity contribution in [3.8, 4) is 11.8 Å². The van der Waals surface area contributed by atoms with Gasteiger partial charge in [0.25, 0.3) is 0 Å². The van der Waals surface area contributed by atoms with Gasteiger partial charge in [-0.15, -0.1) is 0 Å². The van der Waals surface area contributed by atoms with E-state index in [1.807, 2.05) is 0 Å². The lowest BCUT2D eigenvalue weighted by Crippen LogP contribution is -2.26. The fourth-order valence-electron chi connectivity index (χ4n) is 1.46. The summed E-state index contributed by atoms with van der Waals surface area (Å²) in [6.07, 6.45) is 2.59. The number of hydrogen-bond donors (Lipinski definition) is 1. The van der Waals surface area contributed by atoms with Crippen molar-refractivity contribution >= 4 is 9.84 Å². The Hall–Kier alpha value is -1.41. The molecule has 1 aromatic rings. The van der Waals surface area contributed by atoms with Crippen LogP contribution in [0, 0.1) is 0 Å². The minimum atomic E-state index is -3.14. The molecule has 1 atom stereocenters. The van der Waals surface area contributed by atoms with Crippen LogP contribution in [0.4, 0.5) is 0 Å². The van der Waals surface area contributed by atoms with Crippen molar-refractivity contribution in [2.24, 2.45) is 0 Å². The third-order valence-corrected chi connectivity index (χ3v) is 3.23. The first-order valence-corrected chi connectivity index (χ1v) is 7.27. The zero-order valence-corrected chi connectivity index (χ0v) is 11.6. The molecule has 18 heavy (non-hydrogen) atoms. The van der Waals surface area contributed by atoms with E-state index in [0.717, 1.165) is 0 Å². The molecule has 0 bridgehead atoms. The van der Waals surface area contributed by atoms with Crippen LogP contribution >= 0.6 is 0 Å².